The third-order valence-corrected chi connectivity index (χ3v) is 4.49. The summed E-state index contributed by atoms with van der Waals surface area (Å²) in [7, 11) is 0. The van der Waals surface area contributed by atoms with E-state index in [-0.39, 0.29) is 0 Å². The van der Waals surface area contributed by atoms with E-state index in [2.05, 4.69) is 47.8 Å². The Balaban J connectivity index is 1.99. The number of hydrogen-bond acceptors (Lipinski definition) is 4. The molecule has 0 saturated heterocycles. The highest BCUT2D eigenvalue weighted by Crippen LogP contribution is 2.26. The van der Waals surface area contributed by atoms with Gasteiger partial charge in [0.1, 0.15) is 0 Å². The lowest BCUT2D eigenvalue weighted by Gasteiger charge is -2.07. The van der Waals surface area contributed by atoms with E-state index in [0.717, 1.165) is 17.4 Å². The highest BCUT2D eigenvalue weighted by atomic mass is 32.2. The summed E-state index contributed by atoms with van der Waals surface area (Å²) in [5.74, 6) is 0. The maximum absolute atomic E-state index is 4.50. The summed E-state index contributed by atoms with van der Waals surface area (Å²) in [6.07, 6.45) is 3.28. The molecule has 1 unspecified atom stereocenters. The minimum atomic E-state index is 0.659. The van der Waals surface area contributed by atoms with E-state index < -0.39 is 0 Å². The van der Waals surface area contributed by atoms with Gasteiger partial charge in [0.15, 0.2) is 5.17 Å². The summed E-state index contributed by atoms with van der Waals surface area (Å²) < 4.78 is 0. The van der Waals surface area contributed by atoms with E-state index >= 15 is 0 Å². The van der Waals surface area contributed by atoms with Crippen LogP contribution in [-0.2, 0) is 0 Å². The number of rotatable bonds is 3. The summed E-state index contributed by atoms with van der Waals surface area (Å²) in [5, 5.41) is 5.10. The summed E-state index contributed by atoms with van der Waals surface area (Å²) in [6.45, 7) is 3.16. The molecule has 0 aromatic heterocycles. The van der Waals surface area contributed by atoms with Crippen molar-refractivity contribution in [1.82, 2.24) is 0 Å². The standard InChI is InChI=1S/C12H16N2S2/c1-3-10-8-13-12(16-10)14-9-5-4-6-11(7-9)15-2/h4-7,10H,3,8H2,1-2H3,(H,13,14). The van der Waals surface area contributed by atoms with Crippen LogP contribution in [0.3, 0.4) is 0 Å². The molecule has 2 nitrogen and oxygen atoms in total. The van der Waals surface area contributed by atoms with E-state index in [1.165, 1.54) is 11.3 Å². The fraction of sp³-hybridized carbons (Fsp3) is 0.417. The molecule has 0 spiro atoms. The molecule has 4 heteroatoms. The lowest BCUT2D eigenvalue weighted by Crippen LogP contribution is -2.06. The van der Waals surface area contributed by atoms with Crippen molar-refractivity contribution >= 4 is 34.4 Å². The van der Waals surface area contributed by atoms with Crippen LogP contribution in [0.25, 0.3) is 0 Å². The highest BCUT2D eigenvalue weighted by molar-refractivity contribution is 8.15. The molecular weight excluding hydrogens is 236 g/mol. The summed E-state index contributed by atoms with van der Waals surface area (Å²) in [6, 6.07) is 8.44. The second-order valence-electron chi connectivity index (χ2n) is 3.65. The Morgan fingerprint density at radius 1 is 1.56 bits per heavy atom. The largest absolute Gasteiger partial charge is 0.335 e. The van der Waals surface area contributed by atoms with Crippen molar-refractivity contribution in [3.8, 4) is 0 Å². The van der Waals surface area contributed by atoms with Crippen LogP contribution in [0, 0.1) is 0 Å². The van der Waals surface area contributed by atoms with E-state index in [4.69, 9.17) is 0 Å². The number of anilines is 1. The van der Waals surface area contributed by atoms with Gasteiger partial charge in [-0.3, -0.25) is 4.99 Å². The van der Waals surface area contributed by atoms with Gasteiger partial charge in [-0.2, -0.15) is 0 Å². The zero-order chi connectivity index (χ0) is 11.4. The first kappa shape index (κ1) is 11.9. The molecule has 0 amide bonds. The normalized spacial score (nSPS) is 19.6. The van der Waals surface area contributed by atoms with Crippen LogP contribution >= 0.6 is 23.5 Å². The average Bonchev–Trinajstić information content (AvgIpc) is 2.77. The number of amidine groups is 1. The third-order valence-electron chi connectivity index (χ3n) is 2.49. The smallest absolute Gasteiger partial charge is 0.161 e. The molecule has 0 bridgehead atoms. The Bertz CT molecular complexity index is 390. The predicted molar refractivity (Wildman–Crippen MR) is 75.8 cm³/mol. The SMILES string of the molecule is CCC1CN=C(Nc2cccc(SC)c2)S1. The minimum absolute atomic E-state index is 0.659. The molecule has 0 fully saturated rings. The first-order valence-electron chi connectivity index (χ1n) is 5.44. The molecule has 0 aliphatic carbocycles. The average molecular weight is 252 g/mol. The number of benzene rings is 1. The van der Waals surface area contributed by atoms with Crippen LogP contribution in [-0.4, -0.2) is 23.2 Å². The van der Waals surface area contributed by atoms with Gasteiger partial charge in [-0.1, -0.05) is 24.8 Å². The quantitative estimate of drug-likeness (QED) is 0.830. The molecule has 2 rings (SSSR count). The van der Waals surface area contributed by atoms with Crippen LogP contribution < -0.4 is 5.32 Å². The van der Waals surface area contributed by atoms with Gasteiger partial charge >= 0.3 is 0 Å². The summed E-state index contributed by atoms with van der Waals surface area (Å²) in [4.78, 5) is 5.78. The number of hydrogen-bond donors (Lipinski definition) is 1. The van der Waals surface area contributed by atoms with Crippen LogP contribution in [0.15, 0.2) is 34.2 Å². The zero-order valence-corrected chi connectivity index (χ0v) is 11.2. The fourth-order valence-corrected chi connectivity index (χ4v) is 2.94. The van der Waals surface area contributed by atoms with Crippen LogP contribution in [0.1, 0.15) is 13.3 Å². The van der Waals surface area contributed by atoms with E-state index in [9.17, 15) is 0 Å². The van der Waals surface area contributed by atoms with E-state index in [1.807, 2.05) is 11.8 Å². The second kappa shape index (κ2) is 5.64. The molecular formula is C12H16N2S2. The number of thioether (sulfide) groups is 2. The molecule has 86 valence electrons. The van der Waals surface area contributed by atoms with Crippen LogP contribution in [0.4, 0.5) is 5.69 Å². The Hall–Kier alpha value is -0.610. The van der Waals surface area contributed by atoms with Crippen molar-refractivity contribution in [2.75, 3.05) is 18.1 Å². The molecule has 1 aromatic rings. The van der Waals surface area contributed by atoms with Crippen molar-refractivity contribution < 1.29 is 0 Å². The van der Waals surface area contributed by atoms with Crippen molar-refractivity contribution in [3.63, 3.8) is 0 Å². The molecule has 16 heavy (non-hydrogen) atoms. The molecule has 1 aromatic carbocycles. The summed E-state index contributed by atoms with van der Waals surface area (Å²) >= 11 is 3.61. The fourth-order valence-electron chi connectivity index (χ4n) is 1.52. The lowest BCUT2D eigenvalue weighted by atomic mass is 10.3. The Labute approximate surface area is 105 Å². The van der Waals surface area contributed by atoms with Gasteiger partial charge in [-0.25, -0.2) is 0 Å². The molecule has 1 atom stereocenters. The minimum Gasteiger partial charge on any atom is -0.335 e. The number of aliphatic imine (C=N–C) groups is 1. The maximum atomic E-state index is 4.50. The van der Waals surface area contributed by atoms with Gasteiger partial charge < -0.3 is 5.32 Å². The van der Waals surface area contributed by atoms with Crippen molar-refractivity contribution in [2.24, 2.45) is 4.99 Å². The van der Waals surface area contributed by atoms with E-state index in [1.54, 1.807) is 11.8 Å². The molecule has 1 N–H and O–H groups in total. The van der Waals surface area contributed by atoms with Gasteiger partial charge in [0.2, 0.25) is 0 Å². The highest BCUT2D eigenvalue weighted by Gasteiger charge is 2.17. The monoisotopic (exact) mass is 252 g/mol. The van der Waals surface area contributed by atoms with Gasteiger partial charge in [0.05, 0.1) is 6.54 Å². The zero-order valence-electron chi connectivity index (χ0n) is 9.56. The van der Waals surface area contributed by atoms with Crippen molar-refractivity contribution in [1.29, 1.82) is 0 Å². The van der Waals surface area contributed by atoms with Crippen molar-refractivity contribution in [3.05, 3.63) is 24.3 Å². The molecule has 1 heterocycles. The topological polar surface area (TPSA) is 24.4 Å². The Kier molecular flexibility index (Phi) is 4.18. The van der Waals surface area contributed by atoms with Crippen LogP contribution in [0.2, 0.25) is 0 Å². The summed E-state index contributed by atoms with van der Waals surface area (Å²) in [5.41, 5.74) is 1.13. The predicted octanol–water partition coefficient (Wildman–Crippen LogP) is 3.70. The first-order valence-corrected chi connectivity index (χ1v) is 7.54. The Morgan fingerprint density at radius 2 is 2.44 bits per heavy atom. The number of nitrogens with one attached hydrogen (secondary N) is 1. The lowest BCUT2D eigenvalue weighted by molar-refractivity contribution is 0.843. The second-order valence-corrected chi connectivity index (χ2v) is 5.82. The molecule has 0 radical (unpaired) electrons. The Morgan fingerprint density at radius 3 is 3.12 bits per heavy atom. The molecule has 1 aliphatic heterocycles. The third kappa shape index (κ3) is 2.95. The van der Waals surface area contributed by atoms with E-state index in [0.29, 0.717) is 5.25 Å². The van der Waals surface area contributed by atoms with Crippen molar-refractivity contribution in [2.45, 2.75) is 23.5 Å². The van der Waals surface area contributed by atoms with Gasteiger partial charge in [0, 0.05) is 15.8 Å². The molecule has 0 saturated carbocycles. The number of nitrogens with zero attached hydrogens (tertiary/aromatic N) is 1. The molecule has 1 aliphatic rings. The van der Waals surface area contributed by atoms with Gasteiger partial charge in [0.25, 0.3) is 0 Å². The van der Waals surface area contributed by atoms with Crippen LogP contribution in [0.5, 0.6) is 0 Å². The maximum Gasteiger partial charge on any atom is 0.161 e. The van der Waals surface area contributed by atoms with Gasteiger partial charge in [-0.05, 0) is 30.9 Å². The van der Waals surface area contributed by atoms with Gasteiger partial charge in [-0.15, -0.1) is 11.8 Å². The first-order chi connectivity index (χ1) is 7.81.